The van der Waals surface area contributed by atoms with Crippen LogP contribution in [0.5, 0.6) is 0 Å². The van der Waals surface area contributed by atoms with Crippen molar-refractivity contribution in [1.29, 1.82) is 0 Å². The van der Waals surface area contributed by atoms with Crippen molar-refractivity contribution in [3.05, 3.63) is 42.2 Å². The second-order valence-electron chi connectivity index (χ2n) is 3.33. The zero-order valence-corrected chi connectivity index (χ0v) is 9.55. The summed E-state index contributed by atoms with van der Waals surface area (Å²) < 4.78 is 5.20. The molecule has 0 saturated carbocycles. The van der Waals surface area contributed by atoms with E-state index in [2.05, 4.69) is 4.99 Å². The van der Waals surface area contributed by atoms with Gasteiger partial charge in [0.15, 0.2) is 0 Å². The van der Waals surface area contributed by atoms with Crippen molar-refractivity contribution in [3.8, 4) is 0 Å². The maximum atomic E-state index is 5.77. The van der Waals surface area contributed by atoms with Crippen LogP contribution in [0, 0.1) is 0 Å². The minimum atomic E-state index is -0.194. The molecule has 1 aromatic rings. The third-order valence-corrected chi connectivity index (χ3v) is 2.22. The topological polar surface area (TPSA) is 73.6 Å². The molecule has 0 spiro atoms. The van der Waals surface area contributed by atoms with Gasteiger partial charge in [-0.1, -0.05) is 18.2 Å². The van der Waals surface area contributed by atoms with Gasteiger partial charge in [-0.2, -0.15) is 0 Å². The first kappa shape index (κ1) is 12.3. The van der Waals surface area contributed by atoms with E-state index in [1.165, 1.54) is 6.20 Å². The van der Waals surface area contributed by atoms with Crippen LogP contribution in [-0.2, 0) is 4.74 Å². The van der Waals surface area contributed by atoms with Gasteiger partial charge in [-0.3, -0.25) is 0 Å². The van der Waals surface area contributed by atoms with E-state index in [0.717, 1.165) is 5.69 Å². The number of rotatable bonds is 4. The number of aliphatic imine (C=N–C) groups is 1. The summed E-state index contributed by atoms with van der Waals surface area (Å²) >= 11 is 0. The maximum Gasteiger partial charge on any atom is 0.0984 e. The number of nitrogens with two attached hydrogens (primary N) is 2. The molecule has 4 nitrogen and oxygen atoms in total. The van der Waals surface area contributed by atoms with Crippen LogP contribution in [0.4, 0.5) is 5.69 Å². The lowest BCUT2D eigenvalue weighted by atomic mass is 10.2. The van der Waals surface area contributed by atoms with Gasteiger partial charge in [0.2, 0.25) is 0 Å². The molecule has 0 unspecified atom stereocenters. The molecule has 16 heavy (non-hydrogen) atoms. The maximum absolute atomic E-state index is 5.77. The highest BCUT2D eigenvalue weighted by Gasteiger charge is 2.12. The van der Waals surface area contributed by atoms with Crippen LogP contribution < -0.4 is 11.5 Å². The highest BCUT2D eigenvalue weighted by atomic mass is 16.5. The van der Waals surface area contributed by atoms with Gasteiger partial charge in [-0.15, -0.1) is 0 Å². The Bertz CT molecular complexity index is 385. The molecular weight excluding hydrogens is 202 g/mol. The van der Waals surface area contributed by atoms with E-state index in [4.69, 9.17) is 16.2 Å². The van der Waals surface area contributed by atoms with E-state index in [1.54, 1.807) is 7.11 Å². The summed E-state index contributed by atoms with van der Waals surface area (Å²) in [7, 11) is 1.61. The molecule has 1 rings (SSSR count). The fourth-order valence-electron chi connectivity index (χ4n) is 1.23. The number of benzene rings is 1. The molecule has 0 aliphatic carbocycles. The van der Waals surface area contributed by atoms with Gasteiger partial charge in [-0.05, 0) is 19.1 Å². The zero-order chi connectivity index (χ0) is 12.0. The highest BCUT2D eigenvalue weighted by Crippen LogP contribution is 2.13. The van der Waals surface area contributed by atoms with Crippen molar-refractivity contribution in [2.24, 2.45) is 16.5 Å². The Balaban J connectivity index is 3.07. The number of hydrogen-bond acceptors (Lipinski definition) is 4. The van der Waals surface area contributed by atoms with Crippen LogP contribution in [0.2, 0.25) is 0 Å². The average Bonchev–Trinajstić information content (AvgIpc) is 2.35. The van der Waals surface area contributed by atoms with Crippen LogP contribution in [0.3, 0.4) is 0 Å². The summed E-state index contributed by atoms with van der Waals surface area (Å²) in [5.41, 5.74) is 13.1. The summed E-state index contributed by atoms with van der Waals surface area (Å²) in [6.07, 6.45) is 1.14. The predicted octanol–water partition coefficient (Wildman–Crippen LogP) is 1.55. The van der Waals surface area contributed by atoms with Gasteiger partial charge in [0, 0.05) is 13.3 Å². The van der Waals surface area contributed by atoms with Gasteiger partial charge in [0.1, 0.15) is 0 Å². The summed E-state index contributed by atoms with van der Waals surface area (Å²) in [5.74, 6) is 0. The lowest BCUT2D eigenvalue weighted by Gasteiger charge is -2.13. The van der Waals surface area contributed by atoms with Crippen molar-refractivity contribution in [2.45, 2.75) is 13.0 Å². The monoisotopic (exact) mass is 219 g/mol. The number of para-hydroxylation sites is 1. The zero-order valence-electron chi connectivity index (χ0n) is 9.55. The van der Waals surface area contributed by atoms with Gasteiger partial charge in [-0.25, -0.2) is 4.99 Å². The van der Waals surface area contributed by atoms with E-state index >= 15 is 0 Å². The molecule has 86 valence electrons. The molecule has 0 saturated heterocycles. The molecular formula is C12H17N3O. The molecule has 0 fully saturated rings. The Morgan fingerprint density at radius 3 is 2.50 bits per heavy atom. The summed E-state index contributed by atoms with van der Waals surface area (Å²) in [6.45, 7) is 1.87. The van der Waals surface area contributed by atoms with E-state index in [0.29, 0.717) is 11.4 Å². The summed E-state index contributed by atoms with van der Waals surface area (Å²) in [5, 5.41) is 0. The van der Waals surface area contributed by atoms with Crippen molar-refractivity contribution in [3.63, 3.8) is 0 Å². The first-order valence-electron chi connectivity index (χ1n) is 5.03. The normalized spacial score (nSPS) is 14.9. The molecule has 0 aliphatic rings. The van der Waals surface area contributed by atoms with E-state index < -0.39 is 0 Å². The van der Waals surface area contributed by atoms with Crippen LogP contribution in [0.1, 0.15) is 6.92 Å². The van der Waals surface area contributed by atoms with Crippen molar-refractivity contribution in [1.82, 2.24) is 0 Å². The van der Waals surface area contributed by atoms with Gasteiger partial charge >= 0.3 is 0 Å². The second kappa shape index (κ2) is 5.92. The fourth-order valence-corrected chi connectivity index (χ4v) is 1.23. The number of nitrogens with zero attached hydrogens (tertiary/aromatic N) is 1. The SMILES string of the molecule is CO[C@@H](C)C(=Nc1ccccc1)/C(N)=C\N. The number of methoxy groups -OCH3 is 1. The quantitative estimate of drug-likeness (QED) is 0.754. The van der Waals surface area contributed by atoms with Crippen LogP contribution in [-0.4, -0.2) is 18.9 Å². The Kier molecular flexibility index (Phi) is 4.54. The second-order valence-corrected chi connectivity index (χ2v) is 3.33. The third kappa shape index (κ3) is 3.10. The molecule has 0 aliphatic heterocycles. The number of ether oxygens (including phenoxy) is 1. The number of hydrogen-bond donors (Lipinski definition) is 2. The smallest absolute Gasteiger partial charge is 0.0984 e. The molecule has 1 atom stereocenters. The van der Waals surface area contributed by atoms with Crippen LogP contribution >= 0.6 is 0 Å². The van der Waals surface area contributed by atoms with Gasteiger partial charge in [0.05, 0.1) is 23.2 Å². The fraction of sp³-hybridized carbons (Fsp3) is 0.250. The molecule has 0 heterocycles. The van der Waals surface area contributed by atoms with E-state index in [9.17, 15) is 0 Å². The molecule has 0 aromatic heterocycles. The molecule has 4 heteroatoms. The van der Waals surface area contributed by atoms with Crippen LogP contribution in [0.15, 0.2) is 47.2 Å². The molecule has 0 radical (unpaired) electrons. The average molecular weight is 219 g/mol. The van der Waals surface area contributed by atoms with E-state index in [1.807, 2.05) is 37.3 Å². The molecule has 1 aromatic carbocycles. The first-order chi connectivity index (χ1) is 7.69. The summed E-state index contributed by atoms with van der Waals surface area (Å²) in [6, 6.07) is 9.55. The Labute approximate surface area is 95.6 Å². The first-order valence-corrected chi connectivity index (χ1v) is 5.03. The molecule has 0 bridgehead atoms. The van der Waals surface area contributed by atoms with Gasteiger partial charge < -0.3 is 16.2 Å². The predicted molar refractivity (Wildman–Crippen MR) is 66.5 cm³/mol. The summed E-state index contributed by atoms with van der Waals surface area (Å²) in [4.78, 5) is 4.42. The Morgan fingerprint density at radius 2 is 2.00 bits per heavy atom. The molecule has 0 amide bonds. The standard InChI is InChI=1S/C12H17N3O/c1-9(16-2)12(11(14)8-13)15-10-6-4-3-5-7-10/h3-9H,13-14H2,1-2H3/b11-8+,15-12?/t9-/m0/s1. The lowest BCUT2D eigenvalue weighted by molar-refractivity contribution is 0.171. The van der Waals surface area contributed by atoms with Gasteiger partial charge in [0.25, 0.3) is 0 Å². The largest absolute Gasteiger partial charge is 0.403 e. The Hall–Kier alpha value is -1.81. The van der Waals surface area contributed by atoms with E-state index in [-0.39, 0.29) is 6.10 Å². The highest BCUT2D eigenvalue weighted by molar-refractivity contribution is 6.03. The van der Waals surface area contributed by atoms with Crippen molar-refractivity contribution >= 4 is 11.4 Å². The Morgan fingerprint density at radius 1 is 1.38 bits per heavy atom. The minimum absolute atomic E-state index is 0.194. The minimum Gasteiger partial charge on any atom is -0.403 e. The van der Waals surface area contributed by atoms with Crippen molar-refractivity contribution < 1.29 is 4.74 Å². The molecule has 4 N–H and O–H groups in total. The lowest BCUT2D eigenvalue weighted by Crippen LogP contribution is -2.26. The van der Waals surface area contributed by atoms with Crippen LogP contribution in [0.25, 0.3) is 0 Å². The third-order valence-electron chi connectivity index (χ3n) is 2.22. The van der Waals surface area contributed by atoms with Crippen molar-refractivity contribution in [2.75, 3.05) is 7.11 Å².